The standard InChI is InChI=1S/C19H29N3OS/c1-19(2)14-22(9-8-16(19)20)18(23)17(15-6-4-3-5-7-15)21-10-12-24-13-11-21/h3-7,16-17H,8-14,20H2,1-2H3. The second-order valence-corrected chi connectivity index (χ2v) is 8.83. The molecule has 2 aliphatic heterocycles. The molecule has 1 aromatic carbocycles. The molecule has 5 heteroatoms. The fourth-order valence-corrected chi connectivity index (χ4v) is 4.65. The van der Waals surface area contributed by atoms with Gasteiger partial charge in [-0.05, 0) is 17.4 Å². The predicted octanol–water partition coefficient (Wildman–Crippen LogP) is 2.36. The molecule has 2 fully saturated rings. The zero-order chi connectivity index (χ0) is 17.2. The van der Waals surface area contributed by atoms with Crippen LogP contribution >= 0.6 is 11.8 Å². The topological polar surface area (TPSA) is 49.6 Å². The maximum absolute atomic E-state index is 13.4. The Morgan fingerprint density at radius 1 is 1.21 bits per heavy atom. The van der Waals surface area contributed by atoms with Gasteiger partial charge >= 0.3 is 0 Å². The lowest BCUT2D eigenvalue weighted by Gasteiger charge is -2.45. The summed E-state index contributed by atoms with van der Waals surface area (Å²) in [6, 6.07) is 10.3. The first kappa shape index (κ1) is 17.8. The Balaban J connectivity index is 1.83. The Labute approximate surface area is 149 Å². The molecule has 1 aromatic rings. The lowest BCUT2D eigenvalue weighted by Crippen LogP contribution is -2.56. The Morgan fingerprint density at radius 2 is 1.88 bits per heavy atom. The van der Waals surface area contributed by atoms with E-state index in [0.717, 1.165) is 49.7 Å². The molecular weight excluding hydrogens is 318 g/mol. The summed E-state index contributed by atoms with van der Waals surface area (Å²) in [5, 5.41) is 0. The molecule has 0 radical (unpaired) electrons. The Hall–Kier alpha value is -1.04. The summed E-state index contributed by atoms with van der Waals surface area (Å²) in [7, 11) is 0. The van der Waals surface area contributed by atoms with Gasteiger partial charge in [-0.1, -0.05) is 44.2 Å². The molecule has 0 saturated carbocycles. The Morgan fingerprint density at radius 3 is 2.50 bits per heavy atom. The number of hydrogen-bond acceptors (Lipinski definition) is 4. The van der Waals surface area contributed by atoms with Gasteiger partial charge in [-0.15, -0.1) is 0 Å². The number of benzene rings is 1. The highest BCUT2D eigenvalue weighted by molar-refractivity contribution is 7.99. The molecule has 2 heterocycles. The second kappa shape index (κ2) is 7.46. The SMILES string of the molecule is CC1(C)CN(C(=O)C(c2ccccc2)N2CCSCC2)CCC1N. The van der Waals surface area contributed by atoms with E-state index in [2.05, 4.69) is 30.9 Å². The number of carbonyl (C=O) groups is 1. The molecule has 2 unspecified atom stereocenters. The highest BCUT2D eigenvalue weighted by atomic mass is 32.2. The number of nitrogens with two attached hydrogens (primary N) is 1. The summed E-state index contributed by atoms with van der Waals surface area (Å²) in [4.78, 5) is 17.8. The zero-order valence-electron chi connectivity index (χ0n) is 14.8. The van der Waals surface area contributed by atoms with Gasteiger partial charge < -0.3 is 10.6 Å². The van der Waals surface area contributed by atoms with E-state index in [4.69, 9.17) is 5.73 Å². The predicted molar refractivity (Wildman–Crippen MR) is 101 cm³/mol. The quantitative estimate of drug-likeness (QED) is 0.912. The fraction of sp³-hybridized carbons (Fsp3) is 0.632. The van der Waals surface area contributed by atoms with E-state index in [1.807, 2.05) is 34.9 Å². The zero-order valence-corrected chi connectivity index (χ0v) is 15.6. The summed E-state index contributed by atoms with van der Waals surface area (Å²) >= 11 is 1.98. The van der Waals surface area contributed by atoms with Crippen molar-refractivity contribution in [3.05, 3.63) is 35.9 Å². The molecule has 0 bridgehead atoms. The third-order valence-electron chi connectivity index (χ3n) is 5.38. The van der Waals surface area contributed by atoms with Gasteiger partial charge in [-0.2, -0.15) is 11.8 Å². The molecule has 0 aromatic heterocycles. The largest absolute Gasteiger partial charge is 0.340 e. The number of rotatable bonds is 3. The van der Waals surface area contributed by atoms with E-state index in [0.29, 0.717) is 0 Å². The maximum atomic E-state index is 13.4. The van der Waals surface area contributed by atoms with E-state index >= 15 is 0 Å². The van der Waals surface area contributed by atoms with Crippen LogP contribution in [0.2, 0.25) is 0 Å². The number of thioether (sulfide) groups is 1. The molecule has 1 amide bonds. The van der Waals surface area contributed by atoms with Crippen molar-refractivity contribution in [1.29, 1.82) is 0 Å². The van der Waals surface area contributed by atoms with Crippen LogP contribution in [0.1, 0.15) is 31.9 Å². The third kappa shape index (κ3) is 3.79. The van der Waals surface area contributed by atoms with Crippen LogP contribution in [0.3, 0.4) is 0 Å². The number of likely N-dealkylation sites (tertiary alicyclic amines) is 1. The van der Waals surface area contributed by atoms with Crippen LogP contribution in [0.25, 0.3) is 0 Å². The summed E-state index contributed by atoms with van der Waals surface area (Å²) < 4.78 is 0. The number of piperidine rings is 1. The first-order valence-electron chi connectivity index (χ1n) is 8.90. The average molecular weight is 348 g/mol. The van der Waals surface area contributed by atoms with Crippen molar-refractivity contribution in [3.63, 3.8) is 0 Å². The van der Waals surface area contributed by atoms with E-state index in [1.54, 1.807) is 0 Å². The number of hydrogen-bond donors (Lipinski definition) is 1. The molecule has 24 heavy (non-hydrogen) atoms. The number of nitrogens with zero attached hydrogens (tertiary/aromatic N) is 2. The highest BCUT2D eigenvalue weighted by Crippen LogP contribution is 2.32. The third-order valence-corrected chi connectivity index (χ3v) is 6.33. The number of carbonyl (C=O) groups excluding carboxylic acids is 1. The monoisotopic (exact) mass is 347 g/mol. The van der Waals surface area contributed by atoms with Crippen LogP contribution in [-0.2, 0) is 4.79 Å². The van der Waals surface area contributed by atoms with Crippen molar-refractivity contribution in [2.24, 2.45) is 11.1 Å². The van der Waals surface area contributed by atoms with Crippen molar-refractivity contribution in [2.75, 3.05) is 37.7 Å². The number of amides is 1. The van der Waals surface area contributed by atoms with Crippen molar-refractivity contribution in [1.82, 2.24) is 9.80 Å². The molecule has 4 nitrogen and oxygen atoms in total. The molecule has 2 atom stereocenters. The van der Waals surface area contributed by atoms with E-state index in [1.165, 1.54) is 0 Å². The van der Waals surface area contributed by atoms with Crippen LogP contribution < -0.4 is 5.73 Å². The minimum absolute atomic E-state index is 0.0209. The summed E-state index contributed by atoms with van der Waals surface area (Å²) in [6.45, 7) is 7.83. The van der Waals surface area contributed by atoms with Crippen molar-refractivity contribution < 1.29 is 4.79 Å². The fourth-order valence-electron chi connectivity index (χ4n) is 3.72. The maximum Gasteiger partial charge on any atom is 0.244 e. The Kier molecular flexibility index (Phi) is 5.52. The van der Waals surface area contributed by atoms with Gasteiger partial charge in [0, 0.05) is 43.7 Å². The van der Waals surface area contributed by atoms with Crippen LogP contribution in [0.15, 0.2) is 30.3 Å². The summed E-state index contributed by atoms with van der Waals surface area (Å²) in [5.74, 6) is 2.45. The van der Waals surface area contributed by atoms with Crippen LogP contribution in [0.4, 0.5) is 0 Å². The van der Waals surface area contributed by atoms with Gasteiger partial charge in [0.05, 0.1) is 0 Å². The summed E-state index contributed by atoms with van der Waals surface area (Å²) in [6.07, 6.45) is 0.885. The second-order valence-electron chi connectivity index (χ2n) is 7.61. The molecule has 2 aliphatic rings. The Bertz CT molecular complexity index is 557. The van der Waals surface area contributed by atoms with Crippen LogP contribution in [0.5, 0.6) is 0 Å². The highest BCUT2D eigenvalue weighted by Gasteiger charge is 2.39. The van der Waals surface area contributed by atoms with Crippen LogP contribution in [0, 0.1) is 5.41 Å². The molecule has 0 aliphatic carbocycles. The molecule has 2 N–H and O–H groups in total. The molecular formula is C19H29N3OS. The minimum Gasteiger partial charge on any atom is -0.340 e. The van der Waals surface area contributed by atoms with Crippen molar-refractivity contribution in [3.8, 4) is 0 Å². The van der Waals surface area contributed by atoms with Gasteiger partial charge in [0.1, 0.15) is 6.04 Å². The lowest BCUT2D eigenvalue weighted by molar-refractivity contribution is -0.140. The molecule has 0 spiro atoms. The lowest BCUT2D eigenvalue weighted by atomic mass is 9.79. The van der Waals surface area contributed by atoms with Gasteiger partial charge in [-0.3, -0.25) is 9.69 Å². The molecule has 2 saturated heterocycles. The average Bonchev–Trinajstić information content (AvgIpc) is 2.59. The summed E-state index contributed by atoms with van der Waals surface area (Å²) in [5.41, 5.74) is 7.35. The van der Waals surface area contributed by atoms with E-state index in [9.17, 15) is 4.79 Å². The molecule has 3 rings (SSSR count). The van der Waals surface area contributed by atoms with E-state index < -0.39 is 0 Å². The molecule has 132 valence electrons. The van der Waals surface area contributed by atoms with Gasteiger partial charge in [0.25, 0.3) is 0 Å². The first-order valence-corrected chi connectivity index (χ1v) is 10.1. The smallest absolute Gasteiger partial charge is 0.244 e. The van der Waals surface area contributed by atoms with Crippen LogP contribution in [-0.4, -0.2) is 59.4 Å². The van der Waals surface area contributed by atoms with Crippen molar-refractivity contribution in [2.45, 2.75) is 32.4 Å². The van der Waals surface area contributed by atoms with E-state index in [-0.39, 0.29) is 23.4 Å². The van der Waals surface area contributed by atoms with Crippen molar-refractivity contribution >= 4 is 17.7 Å². The van der Waals surface area contributed by atoms with Gasteiger partial charge in [0.2, 0.25) is 5.91 Å². The van der Waals surface area contributed by atoms with Gasteiger partial charge in [0.15, 0.2) is 0 Å². The van der Waals surface area contributed by atoms with Gasteiger partial charge in [-0.25, -0.2) is 0 Å². The minimum atomic E-state index is -0.155. The normalized spacial score (nSPS) is 26.1. The first-order chi connectivity index (χ1) is 11.5.